The molecule has 0 aromatic heterocycles. The van der Waals surface area contributed by atoms with Crippen molar-refractivity contribution in [1.82, 2.24) is 5.32 Å². The average Bonchev–Trinajstić information content (AvgIpc) is 2.17. The van der Waals surface area contributed by atoms with Crippen molar-refractivity contribution in [2.24, 2.45) is 0 Å². The summed E-state index contributed by atoms with van der Waals surface area (Å²) >= 11 is 0. The largest absolute Gasteiger partial charge is 0.414 e. The van der Waals surface area contributed by atoms with Crippen molar-refractivity contribution in [2.45, 2.75) is 6.54 Å². The Morgan fingerprint density at radius 2 is 2.08 bits per heavy atom. The van der Waals surface area contributed by atoms with Gasteiger partial charge < -0.3 is 10.1 Å². The first-order valence-corrected chi connectivity index (χ1v) is 3.75. The van der Waals surface area contributed by atoms with Gasteiger partial charge in [0.05, 0.1) is 0 Å². The van der Waals surface area contributed by atoms with Crippen LogP contribution >= 0.6 is 0 Å². The predicted molar refractivity (Wildman–Crippen MR) is 45.8 cm³/mol. The van der Waals surface area contributed by atoms with Crippen LogP contribution in [0.4, 0.5) is 4.79 Å². The van der Waals surface area contributed by atoms with Gasteiger partial charge in [0.25, 0.3) is 0 Å². The highest BCUT2D eigenvalue weighted by Gasteiger charge is 1.99. The zero-order chi connectivity index (χ0) is 9.52. The van der Waals surface area contributed by atoms with Crippen molar-refractivity contribution in [1.29, 1.82) is 0 Å². The van der Waals surface area contributed by atoms with Crippen molar-refractivity contribution >= 4 is 12.6 Å². The molecule has 0 atom stereocenters. The molecule has 0 aliphatic heterocycles. The van der Waals surface area contributed by atoms with E-state index in [2.05, 4.69) is 10.1 Å². The molecule has 0 heterocycles. The zero-order valence-electron chi connectivity index (χ0n) is 6.90. The van der Waals surface area contributed by atoms with Crippen molar-refractivity contribution in [3.05, 3.63) is 35.9 Å². The Kier molecular flexibility index (Phi) is 3.50. The smallest absolute Gasteiger partial charge is 0.379 e. The fourth-order valence-electron chi connectivity index (χ4n) is 0.855. The van der Waals surface area contributed by atoms with Crippen LogP contribution in [0, 0.1) is 0 Å². The van der Waals surface area contributed by atoms with Crippen LogP contribution in [0.15, 0.2) is 30.3 Å². The van der Waals surface area contributed by atoms with Gasteiger partial charge in [-0.1, -0.05) is 30.3 Å². The molecule has 4 nitrogen and oxygen atoms in total. The Morgan fingerprint density at radius 3 is 2.69 bits per heavy atom. The van der Waals surface area contributed by atoms with E-state index in [1.165, 1.54) is 0 Å². The molecule has 0 radical (unpaired) electrons. The normalized spacial score (nSPS) is 8.92. The summed E-state index contributed by atoms with van der Waals surface area (Å²) in [6, 6.07) is 9.33. The van der Waals surface area contributed by atoms with E-state index in [-0.39, 0.29) is 6.47 Å². The predicted octanol–water partition coefficient (Wildman–Crippen LogP) is 1.07. The summed E-state index contributed by atoms with van der Waals surface area (Å²) in [5, 5.41) is 2.41. The minimum atomic E-state index is -0.737. The van der Waals surface area contributed by atoms with Gasteiger partial charge in [-0.25, -0.2) is 4.79 Å². The SMILES string of the molecule is O=COC(=O)NCc1ccccc1. The Bertz CT molecular complexity index is 284. The molecule has 0 saturated heterocycles. The van der Waals surface area contributed by atoms with Gasteiger partial charge in [-0.15, -0.1) is 0 Å². The second kappa shape index (κ2) is 4.92. The van der Waals surface area contributed by atoms with Gasteiger partial charge in [-0.3, -0.25) is 4.79 Å². The topological polar surface area (TPSA) is 55.4 Å². The summed E-state index contributed by atoms with van der Waals surface area (Å²) in [6.45, 7) is 0.452. The minimum absolute atomic E-state index is 0.0975. The molecule has 0 aliphatic carbocycles. The molecule has 1 aromatic rings. The Morgan fingerprint density at radius 1 is 1.38 bits per heavy atom. The lowest BCUT2D eigenvalue weighted by Gasteiger charge is -2.01. The van der Waals surface area contributed by atoms with Crippen LogP contribution in [0.3, 0.4) is 0 Å². The van der Waals surface area contributed by atoms with Gasteiger partial charge >= 0.3 is 12.6 Å². The second-order valence-corrected chi connectivity index (χ2v) is 2.34. The van der Waals surface area contributed by atoms with Crippen LogP contribution in [-0.2, 0) is 16.1 Å². The first kappa shape index (κ1) is 9.25. The van der Waals surface area contributed by atoms with E-state index >= 15 is 0 Å². The Balaban J connectivity index is 2.35. The first-order valence-electron chi connectivity index (χ1n) is 3.75. The maximum Gasteiger partial charge on any atom is 0.414 e. The third-order valence-corrected chi connectivity index (χ3v) is 1.43. The molecule has 1 rings (SSSR count). The number of rotatable bonds is 3. The summed E-state index contributed by atoms with van der Waals surface area (Å²) in [6.07, 6.45) is -0.737. The monoisotopic (exact) mass is 179 g/mol. The van der Waals surface area contributed by atoms with E-state index in [9.17, 15) is 9.59 Å². The summed E-state index contributed by atoms with van der Waals surface area (Å²) in [7, 11) is 0. The number of benzene rings is 1. The lowest BCUT2D eigenvalue weighted by atomic mass is 10.2. The second-order valence-electron chi connectivity index (χ2n) is 2.34. The van der Waals surface area contributed by atoms with Crippen molar-refractivity contribution in [2.75, 3.05) is 0 Å². The van der Waals surface area contributed by atoms with E-state index in [0.717, 1.165) is 5.56 Å². The number of hydrogen-bond donors (Lipinski definition) is 1. The summed E-state index contributed by atoms with van der Waals surface area (Å²) in [4.78, 5) is 20.4. The van der Waals surface area contributed by atoms with Crippen LogP contribution in [0.25, 0.3) is 0 Å². The number of carbonyl (C=O) groups excluding carboxylic acids is 2. The molecule has 13 heavy (non-hydrogen) atoms. The lowest BCUT2D eigenvalue weighted by Crippen LogP contribution is -2.23. The molecular weight excluding hydrogens is 170 g/mol. The zero-order valence-corrected chi connectivity index (χ0v) is 6.90. The molecule has 4 heteroatoms. The standard InChI is InChI=1S/C9H9NO3/c11-7-13-9(12)10-6-8-4-2-1-3-5-8/h1-5,7H,6H2,(H,10,12). The van der Waals surface area contributed by atoms with Gasteiger partial charge in [0, 0.05) is 6.54 Å². The molecule has 0 unspecified atom stereocenters. The molecular formula is C9H9NO3. The average molecular weight is 179 g/mol. The first-order chi connectivity index (χ1) is 6.33. The number of ether oxygens (including phenoxy) is 1. The van der Waals surface area contributed by atoms with Crippen LogP contribution in [0.2, 0.25) is 0 Å². The van der Waals surface area contributed by atoms with Crippen molar-refractivity contribution in [3.63, 3.8) is 0 Å². The number of hydrogen-bond acceptors (Lipinski definition) is 3. The highest BCUT2D eigenvalue weighted by Crippen LogP contribution is 1.96. The van der Waals surface area contributed by atoms with Gasteiger partial charge in [0.15, 0.2) is 0 Å². The molecule has 0 bridgehead atoms. The lowest BCUT2D eigenvalue weighted by molar-refractivity contribution is -0.123. The Labute approximate surface area is 75.5 Å². The van der Waals surface area contributed by atoms with Gasteiger partial charge in [0.2, 0.25) is 0 Å². The fraction of sp³-hybridized carbons (Fsp3) is 0.111. The van der Waals surface area contributed by atoms with E-state index in [0.29, 0.717) is 6.54 Å². The van der Waals surface area contributed by atoms with Crippen molar-refractivity contribution in [3.8, 4) is 0 Å². The third-order valence-electron chi connectivity index (χ3n) is 1.43. The van der Waals surface area contributed by atoms with Gasteiger partial charge in [-0.2, -0.15) is 0 Å². The molecule has 0 spiro atoms. The van der Waals surface area contributed by atoms with Gasteiger partial charge in [-0.05, 0) is 5.56 Å². The van der Waals surface area contributed by atoms with Crippen LogP contribution in [0.5, 0.6) is 0 Å². The summed E-state index contributed by atoms with van der Waals surface area (Å²) in [5.74, 6) is 0. The highest BCUT2D eigenvalue weighted by atomic mass is 16.6. The molecule has 1 N–H and O–H groups in total. The number of amides is 1. The number of nitrogens with one attached hydrogen (secondary N) is 1. The number of carbonyl (C=O) groups is 2. The summed E-state index contributed by atoms with van der Waals surface area (Å²) in [5.41, 5.74) is 0.949. The van der Waals surface area contributed by atoms with Gasteiger partial charge in [0.1, 0.15) is 0 Å². The molecule has 0 fully saturated rings. The van der Waals surface area contributed by atoms with Crippen molar-refractivity contribution < 1.29 is 14.3 Å². The maximum absolute atomic E-state index is 10.7. The quantitative estimate of drug-likeness (QED) is 0.557. The number of alkyl carbamates (subject to hydrolysis) is 1. The van der Waals surface area contributed by atoms with Crippen LogP contribution in [0.1, 0.15) is 5.56 Å². The highest BCUT2D eigenvalue weighted by molar-refractivity contribution is 5.74. The fourth-order valence-corrected chi connectivity index (χ4v) is 0.855. The molecule has 1 aromatic carbocycles. The van der Waals surface area contributed by atoms with E-state index in [4.69, 9.17) is 0 Å². The third kappa shape index (κ3) is 3.37. The van der Waals surface area contributed by atoms with E-state index < -0.39 is 6.09 Å². The summed E-state index contributed by atoms with van der Waals surface area (Å²) < 4.78 is 4.03. The molecule has 1 amide bonds. The molecule has 68 valence electrons. The Hall–Kier alpha value is -1.84. The molecule has 0 aliphatic rings. The van der Waals surface area contributed by atoms with Crippen LogP contribution in [-0.4, -0.2) is 12.6 Å². The molecule has 0 saturated carbocycles. The van der Waals surface area contributed by atoms with E-state index in [1.807, 2.05) is 30.3 Å². The van der Waals surface area contributed by atoms with E-state index in [1.54, 1.807) is 0 Å². The minimum Gasteiger partial charge on any atom is -0.379 e. The maximum atomic E-state index is 10.7. The van der Waals surface area contributed by atoms with Crippen LogP contribution < -0.4 is 5.32 Å².